The van der Waals surface area contributed by atoms with Gasteiger partial charge in [0, 0.05) is 5.92 Å². The van der Waals surface area contributed by atoms with Gasteiger partial charge < -0.3 is 0 Å². The number of rotatable bonds is 8. The summed E-state index contributed by atoms with van der Waals surface area (Å²) in [6.07, 6.45) is 7.34. The highest BCUT2D eigenvalue weighted by molar-refractivity contribution is 6.03. The van der Waals surface area contributed by atoms with Gasteiger partial charge in [-0.25, -0.2) is 0 Å². The van der Waals surface area contributed by atoms with E-state index in [2.05, 4.69) is 81.4 Å². The smallest absolute Gasteiger partial charge is 0.00663 e. The van der Waals surface area contributed by atoms with Crippen LogP contribution in [-0.4, -0.2) is 0 Å². The van der Waals surface area contributed by atoms with Crippen LogP contribution in [0.3, 0.4) is 0 Å². The minimum Gasteiger partial charge on any atom is -0.0653 e. The summed E-state index contributed by atoms with van der Waals surface area (Å²) >= 11 is 0. The Morgan fingerprint density at radius 2 is 1.23 bits per heavy atom. The molecule has 0 heteroatoms. The molecule has 0 fully saturated rings. The molecule has 1 aliphatic carbocycles. The van der Waals surface area contributed by atoms with Crippen LogP contribution >= 0.6 is 0 Å². The van der Waals surface area contributed by atoms with Gasteiger partial charge in [0.15, 0.2) is 0 Å². The molecule has 0 heterocycles. The lowest BCUT2D eigenvalue weighted by molar-refractivity contribution is 0.641. The van der Waals surface area contributed by atoms with E-state index < -0.39 is 0 Å². The molecule has 1 unspecified atom stereocenters. The van der Waals surface area contributed by atoms with Crippen molar-refractivity contribution in [3.8, 4) is 0 Å². The molecule has 2 aromatic rings. The molecule has 3 rings (SSSR count). The van der Waals surface area contributed by atoms with Crippen molar-refractivity contribution in [2.24, 2.45) is 5.92 Å². The Balaban J connectivity index is 2.26. The fourth-order valence-corrected chi connectivity index (χ4v) is 4.52. The SMILES string of the molecule is CCCC1=C(CCC)C(CCC)C(c2ccccc2)=C1c1ccccc1. The number of allylic oxidation sites excluding steroid dienone is 4. The first-order valence-corrected chi connectivity index (χ1v) is 10.4. The second kappa shape index (κ2) is 9.03. The highest BCUT2D eigenvalue weighted by Crippen LogP contribution is 2.51. The molecule has 0 saturated carbocycles. The third kappa shape index (κ3) is 3.70. The van der Waals surface area contributed by atoms with Gasteiger partial charge in [0.05, 0.1) is 0 Å². The van der Waals surface area contributed by atoms with E-state index in [4.69, 9.17) is 0 Å². The lowest BCUT2D eigenvalue weighted by Crippen LogP contribution is -2.04. The van der Waals surface area contributed by atoms with Gasteiger partial charge in [-0.2, -0.15) is 0 Å². The molecule has 0 amide bonds. The van der Waals surface area contributed by atoms with Crippen LogP contribution in [0.1, 0.15) is 70.4 Å². The van der Waals surface area contributed by atoms with Crippen molar-refractivity contribution in [3.05, 3.63) is 82.9 Å². The minimum atomic E-state index is 0.583. The number of hydrogen-bond donors (Lipinski definition) is 0. The summed E-state index contributed by atoms with van der Waals surface area (Å²) in [5.41, 5.74) is 9.25. The van der Waals surface area contributed by atoms with Gasteiger partial charge in [-0.3, -0.25) is 0 Å². The maximum atomic E-state index is 2.33. The summed E-state index contributed by atoms with van der Waals surface area (Å²) < 4.78 is 0. The first-order valence-electron chi connectivity index (χ1n) is 10.4. The minimum absolute atomic E-state index is 0.583. The Morgan fingerprint density at radius 3 is 1.77 bits per heavy atom. The van der Waals surface area contributed by atoms with Crippen molar-refractivity contribution in [2.45, 2.75) is 59.3 Å². The van der Waals surface area contributed by atoms with E-state index in [9.17, 15) is 0 Å². The maximum absolute atomic E-state index is 2.33. The molecular formula is C26H32. The molecule has 0 saturated heterocycles. The van der Waals surface area contributed by atoms with Crippen LogP contribution in [0.4, 0.5) is 0 Å². The third-order valence-electron chi connectivity index (χ3n) is 5.47. The zero-order valence-electron chi connectivity index (χ0n) is 16.6. The molecule has 0 nitrogen and oxygen atoms in total. The first kappa shape index (κ1) is 18.7. The van der Waals surface area contributed by atoms with Gasteiger partial charge in [0.25, 0.3) is 0 Å². The molecule has 0 spiro atoms. The van der Waals surface area contributed by atoms with Crippen molar-refractivity contribution in [3.63, 3.8) is 0 Å². The fourth-order valence-electron chi connectivity index (χ4n) is 4.52. The van der Waals surface area contributed by atoms with Crippen LogP contribution in [0.15, 0.2) is 71.8 Å². The summed E-state index contributed by atoms with van der Waals surface area (Å²) in [7, 11) is 0. The molecule has 0 aliphatic heterocycles. The fraction of sp³-hybridized carbons (Fsp3) is 0.385. The van der Waals surface area contributed by atoms with Crippen LogP contribution in [0, 0.1) is 5.92 Å². The van der Waals surface area contributed by atoms with Gasteiger partial charge in [0.2, 0.25) is 0 Å². The average molecular weight is 345 g/mol. The van der Waals surface area contributed by atoms with E-state index in [1.54, 1.807) is 16.7 Å². The van der Waals surface area contributed by atoms with Crippen molar-refractivity contribution >= 4 is 11.1 Å². The molecule has 2 aromatic carbocycles. The van der Waals surface area contributed by atoms with Crippen molar-refractivity contribution < 1.29 is 0 Å². The van der Waals surface area contributed by atoms with Crippen molar-refractivity contribution in [1.82, 2.24) is 0 Å². The van der Waals surface area contributed by atoms with Crippen LogP contribution < -0.4 is 0 Å². The van der Waals surface area contributed by atoms with Crippen LogP contribution in [0.25, 0.3) is 11.1 Å². The zero-order valence-corrected chi connectivity index (χ0v) is 16.6. The van der Waals surface area contributed by atoms with E-state index in [0.29, 0.717) is 5.92 Å². The predicted molar refractivity (Wildman–Crippen MR) is 115 cm³/mol. The van der Waals surface area contributed by atoms with E-state index in [1.807, 2.05) is 0 Å². The molecule has 1 atom stereocenters. The second-order valence-electron chi connectivity index (χ2n) is 7.37. The van der Waals surface area contributed by atoms with Gasteiger partial charge in [0.1, 0.15) is 0 Å². The van der Waals surface area contributed by atoms with Crippen molar-refractivity contribution in [1.29, 1.82) is 0 Å². The van der Waals surface area contributed by atoms with Gasteiger partial charge in [-0.1, -0.05) is 106 Å². The van der Waals surface area contributed by atoms with Crippen LogP contribution in [0.2, 0.25) is 0 Å². The maximum Gasteiger partial charge on any atom is 0.00663 e. The summed E-state index contributed by atoms with van der Waals surface area (Å²) in [6.45, 7) is 6.96. The van der Waals surface area contributed by atoms with Gasteiger partial charge in [-0.15, -0.1) is 0 Å². The standard InChI is InChI=1S/C26H32/c1-4-13-22-23(14-5-2)25(20-16-9-7-10-17-20)26(24(22)15-6-3)21-18-11-8-12-19-21/h7-12,16-19,23H,4-6,13-15H2,1-3H3. The van der Waals surface area contributed by atoms with E-state index >= 15 is 0 Å². The van der Waals surface area contributed by atoms with Crippen LogP contribution in [0.5, 0.6) is 0 Å². The molecule has 26 heavy (non-hydrogen) atoms. The largest absolute Gasteiger partial charge is 0.0653 e. The zero-order chi connectivity index (χ0) is 18.4. The monoisotopic (exact) mass is 344 g/mol. The Bertz CT molecular complexity index is 762. The summed E-state index contributed by atoms with van der Waals surface area (Å²) in [5, 5.41) is 0. The molecular weight excluding hydrogens is 312 g/mol. The van der Waals surface area contributed by atoms with Gasteiger partial charge in [-0.05, 0) is 47.1 Å². The predicted octanol–water partition coefficient (Wildman–Crippen LogP) is 7.92. The van der Waals surface area contributed by atoms with E-state index in [0.717, 1.165) is 0 Å². The first-order chi connectivity index (χ1) is 12.8. The number of benzene rings is 2. The Kier molecular flexibility index (Phi) is 6.50. The van der Waals surface area contributed by atoms with Crippen LogP contribution in [-0.2, 0) is 0 Å². The Hall–Kier alpha value is -2.08. The molecule has 0 radical (unpaired) electrons. The molecule has 1 aliphatic rings. The quantitative estimate of drug-likeness (QED) is 0.456. The molecule has 0 N–H and O–H groups in total. The average Bonchev–Trinajstić information content (AvgIpc) is 2.98. The van der Waals surface area contributed by atoms with E-state index in [-0.39, 0.29) is 0 Å². The van der Waals surface area contributed by atoms with Gasteiger partial charge >= 0.3 is 0 Å². The molecule has 136 valence electrons. The van der Waals surface area contributed by atoms with E-state index in [1.165, 1.54) is 55.2 Å². The topological polar surface area (TPSA) is 0 Å². The summed E-state index contributed by atoms with van der Waals surface area (Å²) in [5.74, 6) is 0.583. The highest BCUT2D eigenvalue weighted by atomic mass is 14.4. The lowest BCUT2D eigenvalue weighted by Gasteiger charge is -2.20. The van der Waals surface area contributed by atoms with Crippen molar-refractivity contribution in [2.75, 3.05) is 0 Å². The second-order valence-corrected chi connectivity index (χ2v) is 7.37. The summed E-state index contributed by atoms with van der Waals surface area (Å²) in [6, 6.07) is 22.2. The number of hydrogen-bond acceptors (Lipinski definition) is 0. The Labute approximate surface area is 159 Å². The normalized spacial score (nSPS) is 17.3. The molecule has 0 bridgehead atoms. The summed E-state index contributed by atoms with van der Waals surface area (Å²) in [4.78, 5) is 0. The lowest BCUT2D eigenvalue weighted by atomic mass is 9.84. The molecule has 0 aromatic heterocycles. The highest BCUT2D eigenvalue weighted by Gasteiger charge is 2.33. The Morgan fingerprint density at radius 1 is 0.654 bits per heavy atom. The third-order valence-corrected chi connectivity index (χ3v) is 5.47.